The Balaban J connectivity index is 1.75. The van der Waals surface area contributed by atoms with E-state index in [1.54, 1.807) is 19.1 Å². The van der Waals surface area contributed by atoms with Crippen molar-refractivity contribution in [2.75, 3.05) is 18.5 Å². The van der Waals surface area contributed by atoms with E-state index in [1.807, 2.05) is 18.2 Å². The van der Waals surface area contributed by atoms with E-state index >= 15 is 0 Å². The number of fused-ring (bicyclic) bond motifs is 1. The van der Waals surface area contributed by atoms with Gasteiger partial charge in [-0.2, -0.15) is 0 Å². The maximum absolute atomic E-state index is 12.4. The van der Waals surface area contributed by atoms with Crippen molar-refractivity contribution in [3.8, 4) is 5.75 Å². The summed E-state index contributed by atoms with van der Waals surface area (Å²) in [6.07, 6.45) is 2.82. The third kappa shape index (κ3) is 4.25. The van der Waals surface area contributed by atoms with E-state index in [1.165, 1.54) is 16.2 Å². The van der Waals surface area contributed by atoms with Crippen molar-refractivity contribution in [3.63, 3.8) is 0 Å². The zero-order chi connectivity index (χ0) is 18.5. The summed E-state index contributed by atoms with van der Waals surface area (Å²) in [5, 5.41) is 3.42. The van der Waals surface area contributed by atoms with Gasteiger partial charge < -0.3 is 14.8 Å². The summed E-state index contributed by atoms with van der Waals surface area (Å²) < 4.78 is 10.7. The standard InChI is InChI=1S/C20H23NO4S/c1-3-24-20(23)18-15-10-9-13(2)11-16(15)26-19(18)21-17(22)12-25-14-7-5-4-6-8-14/h4-8,13H,3,9-12H2,1-2H3,(H,21,22). The zero-order valence-corrected chi connectivity index (χ0v) is 15.9. The smallest absolute Gasteiger partial charge is 0.341 e. The molecule has 1 unspecified atom stereocenters. The minimum absolute atomic E-state index is 0.106. The number of amides is 1. The molecule has 6 heteroatoms. The van der Waals surface area contributed by atoms with Crippen LogP contribution in [0.15, 0.2) is 30.3 Å². The van der Waals surface area contributed by atoms with E-state index in [2.05, 4.69) is 12.2 Å². The molecule has 26 heavy (non-hydrogen) atoms. The molecule has 1 amide bonds. The van der Waals surface area contributed by atoms with Crippen molar-refractivity contribution in [2.45, 2.75) is 33.1 Å². The molecule has 1 aromatic carbocycles. The first kappa shape index (κ1) is 18.5. The van der Waals surface area contributed by atoms with Gasteiger partial charge in [-0.1, -0.05) is 25.1 Å². The van der Waals surface area contributed by atoms with Crippen LogP contribution in [0.5, 0.6) is 5.75 Å². The van der Waals surface area contributed by atoms with Gasteiger partial charge in [0.25, 0.3) is 5.91 Å². The third-order valence-corrected chi connectivity index (χ3v) is 5.53. The highest BCUT2D eigenvalue weighted by Gasteiger charge is 2.29. The monoisotopic (exact) mass is 373 g/mol. The van der Waals surface area contributed by atoms with Crippen LogP contribution < -0.4 is 10.1 Å². The summed E-state index contributed by atoms with van der Waals surface area (Å²) in [5.41, 5.74) is 1.55. The van der Waals surface area contributed by atoms with E-state index in [0.717, 1.165) is 24.8 Å². The van der Waals surface area contributed by atoms with Gasteiger partial charge in [0.05, 0.1) is 12.2 Å². The number of benzene rings is 1. The fourth-order valence-electron chi connectivity index (χ4n) is 3.09. The molecule has 0 spiro atoms. The molecule has 138 valence electrons. The molecule has 1 aliphatic carbocycles. The lowest BCUT2D eigenvalue weighted by molar-refractivity contribution is -0.118. The number of para-hydroxylation sites is 1. The third-order valence-electron chi connectivity index (χ3n) is 4.36. The number of hydrogen-bond acceptors (Lipinski definition) is 5. The normalized spacial score (nSPS) is 15.8. The molecule has 0 saturated carbocycles. The molecule has 1 atom stereocenters. The van der Waals surface area contributed by atoms with Gasteiger partial charge in [0.15, 0.2) is 6.61 Å². The summed E-state index contributed by atoms with van der Waals surface area (Å²) in [6, 6.07) is 9.17. The first-order valence-electron chi connectivity index (χ1n) is 8.87. The Labute approximate surface area is 157 Å². The van der Waals surface area contributed by atoms with Gasteiger partial charge in [0, 0.05) is 4.88 Å². The van der Waals surface area contributed by atoms with Crippen LogP contribution in [0.1, 0.15) is 41.1 Å². The molecule has 1 N–H and O–H groups in total. The number of anilines is 1. The van der Waals surface area contributed by atoms with Gasteiger partial charge in [-0.3, -0.25) is 4.79 Å². The summed E-state index contributed by atoms with van der Waals surface area (Å²) in [6.45, 7) is 4.19. The predicted molar refractivity (Wildman–Crippen MR) is 102 cm³/mol. The van der Waals surface area contributed by atoms with E-state index in [4.69, 9.17) is 9.47 Å². The van der Waals surface area contributed by atoms with Crippen LogP contribution in [-0.4, -0.2) is 25.1 Å². The quantitative estimate of drug-likeness (QED) is 0.776. The van der Waals surface area contributed by atoms with Crippen LogP contribution in [-0.2, 0) is 22.4 Å². The first-order chi connectivity index (χ1) is 12.6. The van der Waals surface area contributed by atoms with Crippen LogP contribution >= 0.6 is 11.3 Å². The lowest BCUT2D eigenvalue weighted by atomic mass is 9.88. The molecular weight excluding hydrogens is 350 g/mol. The average molecular weight is 373 g/mol. The predicted octanol–water partition coefficient (Wildman–Crippen LogP) is 4.07. The van der Waals surface area contributed by atoms with E-state index < -0.39 is 0 Å². The van der Waals surface area contributed by atoms with E-state index in [-0.39, 0.29) is 18.5 Å². The average Bonchev–Trinajstić information content (AvgIpc) is 2.98. The number of ether oxygens (including phenoxy) is 2. The second-order valence-electron chi connectivity index (χ2n) is 6.43. The van der Waals surface area contributed by atoms with Crippen LogP contribution in [0.25, 0.3) is 0 Å². The second-order valence-corrected chi connectivity index (χ2v) is 7.53. The van der Waals surface area contributed by atoms with Gasteiger partial charge in [-0.05, 0) is 49.8 Å². The molecule has 2 aromatic rings. The molecule has 1 aliphatic rings. The summed E-state index contributed by atoms with van der Waals surface area (Å²) in [7, 11) is 0. The Morgan fingerprint density at radius 2 is 2.04 bits per heavy atom. The number of nitrogens with one attached hydrogen (secondary N) is 1. The highest BCUT2D eigenvalue weighted by Crippen LogP contribution is 2.40. The number of carbonyl (C=O) groups excluding carboxylic acids is 2. The fourth-order valence-corrected chi connectivity index (χ4v) is 4.50. The number of esters is 1. The van der Waals surface area contributed by atoms with Crippen molar-refractivity contribution < 1.29 is 19.1 Å². The summed E-state index contributed by atoms with van der Waals surface area (Å²) in [5.74, 6) is 0.568. The van der Waals surface area contributed by atoms with Crippen molar-refractivity contribution >= 4 is 28.2 Å². The minimum Gasteiger partial charge on any atom is -0.484 e. The number of carbonyl (C=O) groups is 2. The fraction of sp³-hybridized carbons (Fsp3) is 0.400. The Hall–Kier alpha value is -2.34. The van der Waals surface area contributed by atoms with E-state index in [0.29, 0.717) is 28.8 Å². The highest BCUT2D eigenvalue weighted by atomic mass is 32.1. The highest BCUT2D eigenvalue weighted by molar-refractivity contribution is 7.17. The minimum atomic E-state index is -0.362. The van der Waals surface area contributed by atoms with Crippen molar-refractivity contribution in [1.29, 1.82) is 0 Å². The first-order valence-corrected chi connectivity index (χ1v) is 9.69. The van der Waals surface area contributed by atoms with Crippen LogP contribution in [0.3, 0.4) is 0 Å². The van der Waals surface area contributed by atoms with Gasteiger partial charge in [-0.15, -0.1) is 11.3 Å². The summed E-state index contributed by atoms with van der Waals surface area (Å²) >= 11 is 1.48. The Kier molecular flexibility index (Phi) is 5.93. The molecule has 0 radical (unpaired) electrons. The topological polar surface area (TPSA) is 64.6 Å². The molecule has 3 rings (SSSR count). The van der Waals surface area contributed by atoms with Crippen molar-refractivity contribution in [1.82, 2.24) is 0 Å². The SMILES string of the molecule is CCOC(=O)c1c(NC(=O)COc2ccccc2)sc2c1CCC(C)C2. The zero-order valence-electron chi connectivity index (χ0n) is 15.0. The van der Waals surface area contributed by atoms with Gasteiger partial charge in [-0.25, -0.2) is 4.79 Å². The lowest BCUT2D eigenvalue weighted by Gasteiger charge is -2.18. The molecule has 5 nitrogen and oxygen atoms in total. The van der Waals surface area contributed by atoms with Crippen LogP contribution in [0.2, 0.25) is 0 Å². The molecule has 1 aromatic heterocycles. The molecule has 1 heterocycles. The Bertz CT molecular complexity index is 785. The van der Waals surface area contributed by atoms with E-state index in [9.17, 15) is 9.59 Å². The maximum atomic E-state index is 12.4. The molecule has 0 fully saturated rings. The number of hydrogen-bond donors (Lipinski definition) is 1. The van der Waals surface area contributed by atoms with Crippen molar-refractivity contribution in [2.24, 2.45) is 5.92 Å². The number of rotatable bonds is 6. The number of thiophene rings is 1. The largest absolute Gasteiger partial charge is 0.484 e. The molecule has 0 aliphatic heterocycles. The van der Waals surface area contributed by atoms with Gasteiger partial charge >= 0.3 is 5.97 Å². The molecule has 0 saturated heterocycles. The van der Waals surface area contributed by atoms with Gasteiger partial charge in [0.1, 0.15) is 10.8 Å². The Morgan fingerprint density at radius 3 is 2.77 bits per heavy atom. The molecule has 0 bridgehead atoms. The Morgan fingerprint density at radius 1 is 1.27 bits per heavy atom. The summed E-state index contributed by atoms with van der Waals surface area (Å²) in [4.78, 5) is 25.9. The molecular formula is C20H23NO4S. The van der Waals surface area contributed by atoms with Crippen molar-refractivity contribution in [3.05, 3.63) is 46.3 Å². The second kappa shape index (κ2) is 8.36. The van der Waals surface area contributed by atoms with Gasteiger partial charge in [0.2, 0.25) is 0 Å². The van der Waals surface area contributed by atoms with Crippen LogP contribution in [0, 0.1) is 5.92 Å². The van der Waals surface area contributed by atoms with Crippen LogP contribution in [0.4, 0.5) is 5.00 Å². The lowest BCUT2D eigenvalue weighted by Crippen LogP contribution is -2.21. The maximum Gasteiger partial charge on any atom is 0.341 e.